The molecule has 36 heavy (non-hydrogen) atoms. The molecular weight excluding hydrogens is 486 g/mol. The van der Waals surface area contributed by atoms with Gasteiger partial charge < -0.3 is 24.1 Å². The highest BCUT2D eigenvalue weighted by atomic mass is 35.5. The Labute approximate surface area is 213 Å². The molecule has 1 aliphatic heterocycles. The highest BCUT2D eigenvalue weighted by molar-refractivity contribution is 6.30. The van der Waals surface area contributed by atoms with Crippen molar-refractivity contribution in [2.24, 2.45) is 0 Å². The number of furan rings is 1. The zero-order valence-electron chi connectivity index (χ0n) is 20.0. The molecule has 10 heteroatoms. The monoisotopic (exact) mass is 511 g/mol. The fourth-order valence-electron chi connectivity index (χ4n) is 3.53. The topological polar surface area (TPSA) is 101 Å². The average molecular weight is 512 g/mol. The van der Waals surface area contributed by atoms with Crippen molar-refractivity contribution in [3.05, 3.63) is 76.7 Å². The molecule has 0 atom stereocenters. The second kappa shape index (κ2) is 11.3. The van der Waals surface area contributed by atoms with Crippen LogP contribution in [0.1, 0.15) is 26.7 Å². The molecule has 3 aromatic rings. The van der Waals surface area contributed by atoms with Crippen LogP contribution >= 0.6 is 11.6 Å². The molecule has 1 aromatic heterocycles. The van der Waals surface area contributed by atoms with Gasteiger partial charge in [-0.05, 0) is 68.7 Å². The first kappa shape index (κ1) is 25.3. The molecule has 0 fully saturated rings. The number of benzene rings is 2. The van der Waals surface area contributed by atoms with Crippen LogP contribution in [0.5, 0.6) is 11.5 Å². The molecule has 0 spiro atoms. The molecule has 188 valence electrons. The van der Waals surface area contributed by atoms with Gasteiger partial charge in [-0.2, -0.15) is 0 Å². The number of nitrogens with one attached hydrogen (secondary N) is 1. The number of carbonyl (C=O) groups is 3. The summed E-state index contributed by atoms with van der Waals surface area (Å²) in [5, 5.41) is 3.36. The third-order valence-corrected chi connectivity index (χ3v) is 5.70. The van der Waals surface area contributed by atoms with E-state index in [0.717, 1.165) is 0 Å². The number of hydrogen-bond donors (Lipinski definition) is 1. The standard InChI is InChI=1S/C26H26ClN3O6/c1-29(2)12-11-28-26(33)24-10-8-20(36-24)14-30-21-13-17(3-9-23(21)35-16-25(30)32)22(31)15-34-19-6-4-18(27)5-7-19/h3-10,13H,11-12,14-16H2,1-2H3,(H,28,33). The van der Waals surface area contributed by atoms with Crippen LogP contribution in [-0.2, 0) is 11.3 Å². The highest BCUT2D eigenvalue weighted by Gasteiger charge is 2.28. The van der Waals surface area contributed by atoms with Gasteiger partial charge in [-0.25, -0.2) is 0 Å². The minimum Gasteiger partial charge on any atom is -0.485 e. The van der Waals surface area contributed by atoms with Crippen molar-refractivity contribution in [1.82, 2.24) is 10.2 Å². The molecule has 1 N–H and O–H groups in total. The Morgan fingerprint density at radius 2 is 1.89 bits per heavy atom. The number of nitrogens with zero attached hydrogens (tertiary/aromatic N) is 2. The van der Waals surface area contributed by atoms with E-state index in [1.54, 1.807) is 54.6 Å². The number of likely N-dealkylation sites (N-methyl/N-ethyl adjacent to an activating group) is 1. The van der Waals surface area contributed by atoms with Crippen molar-refractivity contribution in [2.45, 2.75) is 6.54 Å². The molecule has 0 aliphatic carbocycles. The van der Waals surface area contributed by atoms with E-state index in [0.29, 0.717) is 46.6 Å². The summed E-state index contributed by atoms with van der Waals surface area (Å²) in [6.07, 6.45) is 0. The number of ketones is 1. The summed E-state index contributed by atoms with van der Waals surface area (Å²) < 4.78 is 16.8. The lowest BCUT2D eigenvalue weighted by Gasteiger charge is -2.29. The van der Waals surface area contributed by atoms with E-state index in [4.69, 9.17) is 25.5 Å². The van der Waals surface area contributed by atoms with Crippen molar-refractivity contribution in [2.75, 3.05) is 45.3 Å². The number of Topliss-reactive ketones (excluding diaryl/α,β-unsaturated/α-hetero) is 1. The zero-order chi connectivity index (χ0) is 25.7. The lowest BCUT2D eigenvalue weighted by molar-refractivity contribution is -0.121. The van der Waals surface area contributed by atoms with Crippen LogP contribution in [0.4, 0.5) is 5.69 Å². The van der Waals surface area contributed by atoms with Gasteiger partial charge in [0.25, 0.3) is 11.8 Å². The lowest BCUT2D eigenvalue weighted by Crippen LogP contribution is -2.38. The Hall–Kier alpha value is -3.82. The first-order valence-corrected chi connectivity index (χ1v) is 11.7. The summed E-state index contributed by atoms with van der Waals surface area (Å²) in [6.45, 7) is 0.942. The van der Waals surface area contributed by atoms with Crippen molar-refractivity contribution in [3.8, 4) is 11.5 Å². The quantitative estimate of drug-likeness (QED) is 0.416. The largest absolute Gasteiger partial charge is 0.485 e. The average Bonchev–Trinajstić information content (AvgIpc) is 3.33. The Balaban J connectivity index is 1.45. The molecule has 2 amide bonds. The SMILES string of the molecule is CN(C)CCNC(=O)c1ccc(CN2C(=O)COc3ccc(C(=O)COc4ccc(Cl)cc4)cc32)o1. The van der Waals surface area contributed by atoms with E-state index in [9.17, 15) is 14.4 Å². The third kappa shape index (κ3) is 6.24. The van der Waals surface area contributed by atoms with Crippen LogP contribution < -0.4 is 19.7 Å². The van der Waals surface area contributed by atoms with Gasteiger partial charge in [0.2, 0.25) is 0 Å². The van der Waals surface area contributed by atoms with Gasteiger partial charge >= 0.3 is 0 Å². The van der Waals surface area contributed by atoms with E-state index in [2.05, 4.69) is 5.32 Å². The van der Waals surface area contributed by atoms with Gasteiger partial charge in [-0.1, -0.05) is 11.6 Å². The minimum atomic E-state index is -0.328. The van der Waals surface area contributed by atoms with Gasteiger partial charge in [0.1, 0.15) is 17.3 Å². The molecule has 2 aromatic carbocycles. The Kier molecular flexibility index (Phi) is 7.92. The number of ether oxygens (including phenoxy) is 2. The maximum absolute atomic E-state index is 12.8. The number of rotatable bonds is 10. The normalized spacial score (nSPS) is 12.8. The van der Waals surface area contributed by atoms with Crippen molar-refractivity contribution >= 4 is 34.9 Å². The van der Waals surface area contributed by atoms with E-state index >= 15 is 0 Å². The molecule has 0 unspecified atom stereocenters. The first-order valence-electron chi connectivity index (χ1n) is 11.3. The van der Waals surface area contributed by atoms with E-state index in [-0.39, 0.29) is 43.1 Å². The second-order valence-electron chi connectivity index (χ2n) is 8.44. The summed E-state index contributed by atoms with van der Waals surface area (Å²) >= 11 is 5.87. The third-order valence-electron chi connectivity index (χ3n) is 5.45. The summed E-state index contributed by atoms with van der Waals surface area (Å²) in [4.78, 5) is 41.2. The van der Waals surface area contributed by atoms with Crippen molar-refractivity contribution in [1.29, 1.82) is 0 Å². The summed E-state index contributed by atoms with van der Waals surface area (Å²) in [7, 11) is 3.83. The van der Waals surface area contributed by atoms with E-state index < -0.39 is 0 Å². The minimum absolute atomic E-state index is 0.0824. The van der Waals surface area contributed by atoms with Gasteiger partial charge in [0.05, 0.1) is 12.2 Å². The van der Waals surface area contributed by atoms with E-state index in [1.807, 2.05) is 19.0 Å². The Morgan fingerprint density at radius 3 is 2.64 bits per heavy atom. The molecule has 2 heterocycles. The Bertz CT molecular complexity index is 1250. The summed E-state index contributed by atoms with van der Waals surface area (Å²) in [5.41, 5.74) is 0.809. The maximum Gasteiger partial charge on any atom is 0.287 e. The second-order valence-corrected chi connectivity index (χ2v) is 8.88. The number of hydrogen-bond acceptors (Lipinski definition) is 7. The van der Waals surface area contributed by atoms with Gasteiger partial charge in [-0.15, -0.1) is 0 Å². The molecule has 9 nitrogen and oxygen atoms in total. The van der Waals surface area contributed by atoms with Gasteiger partial charge in [-0.3, -0.25) is 19.3 Å². The molecule has 0 radical (unpaired) electrons. The predicted octanol–water partition coefficient (Wildman–Crippen LogP) is 3.41. The smallest absolute Gasteiger partial charge is 0.287 e. The fraction of sp³-hybridized carbons (Fsp3) is 0.269. The Morgan fingerprint density at radius 1 is 1.11 bits per heavy atom. The number of carbonyl (C=O) groups excluding carboxylic acids is 3. The number of anilines is 1. The van der Waals surface area contributed by atoms with Gasteiger partial charge in [0, 0.05) is 23.7 Å². The first-order chi connectivity index (χ1) is 17.3. The molecular formula is C26H26ClN3O6. The van der Waals surface area contributed by atoms with E-state index in [1.165, 1.54) is 4.90 Å². The van der Waals surface area contributed by atoms with Crippen LogP contribution in [0, 0.1) is 0 Å². The van der Waals surface area contributed by atoms with Crippen LogP contribution in [0.25, 0.3) is 0 Å². The zero-order valence-corrected chi connectivity index (χ0v) is 20.7. The number of amides is 2. The summed E-state index contributed by atoms with van der Waals surface area (Å²) in [5.74, 6) is 0.691. The van der Waals surface area contributed by atoms with Crippen LogP contribution in [-0.4, -0.2) is 62.9 Å². The fourth-order valence-corrected chi connectivity index (χ4v) is 3.66. The number of fused-ring (bicyclic) bond motifs is 1. The molecule has 0 bridgehead atoms. The molecule has 1 aliphatic rings. The van der Waals surface area contributed by atoms with Crippen LogP contribution in [0.15, 0.2) is 59.0 Å². The molecule has 0 saturated carbocycles. The number of halogens is 1. The lowest BCUT2D eigenvalue weighted by atomic mass is 10.1. The molecule has 4 rings (SSSR count). The highest BCUT2D eigenvalue weighted by Crippen LogP contribution is 2.34. The molecule has 0 saturated heterocycles. The van der Waals surface area contributed by atoms with Crippen LogP contribution in [0.2, 0.25) is 5.02 Å². The summed E-state index contributed by atoms with van der Waals surface area (Å²) in [6, 6.07) is 14.8. The van der Waals surface area contributed by atoms with Crippen LogP contribution in [0.3, 0.4) is 0 Å². The van der Waals surface area contributed by atoms with Gasteiger partial charge in [0.15, 0.2) is 24.8 Å². The maximum atomic E-state index is 12.8. The predicted molar refractivity (Wildman–Crippen MR) is 134 cm³/mol. The van der Waals surface area contributed by atoms with Crippen molar-refractivity contribution < 1.29 is 28.3 Å². The van der Waals surface area contributed by atoms with Crippen molar-refractivity contribution in [3.63, 3.8) is 0 Å².